The second-order valence-corrected chi connectivity index (χ2v) is 4.62. The number of piperidine rings is 1. The van der Waals surface area contributed by atoms with E-state index >= 15 is 0 Å². The van der Waals surface area contributed by atoms with E-state index in [-0.39, 0.29) is 12.5 Å². The van der Waals surface area contributed by atoms with Gasteiger partial charge in [-0.15, -0.1) is 0 Å². The van der Waals surface area contributed by atoms with Crippen molar-refractivity contribution in [2.24, 2.45) is 0 Å². The molecule has 2 rings (SSSR count). The van der Waals surface area contributed by atoms with E-state index in [2.05, 4.69) is 5.32 Å². The highest BCUT2D eigenvalue weighted by molar-refractivity contribution is 5.67. The van der Waals surface area contributed by atoms with E-state index in [1.807, 2.05) is 24.3 Å². The number of aliphatic carboxylic acids is 1. The first-order valence-corrected chi connectivity index (χ1v) is 6.42. The fourth-order valence-electron chi connectivity index (χ4n) is 2.10. The van der Waals surface area contributed by atoms with E-state index < -0.39 is 5.97 Å². The van der Waals surface area contributed by atoms with Crippen LogP contribution in [0.25, 0.3) is 0 Å². The number of nitrogens with one attached hydrogen (secondary N) is 1. The molecule has 18 heavy (non-hydrogen) atoms. The number of hydrogen-bond acceptors (Lipinski definition) is 3. The van der Waals surface area contributed by atoms with Crippen LogP contribution in [0.4, 0.5) is 0 Å². The smallest absolute Gasteiger partial charge is 0.303 e. The molecule has 98 valence electrons. The first-order chi connectivity index (χ1) is 8.74. The van der Waals surface area contributed by atoms with Crippen LogP contribution in [0.3, 0.4) is 0 Å². The van der Waals surface area contributed by atoms with Gasteiger partial charge in [0.05, 0.1) is 0 Å². The standard InChI is InChI=1S/C14H19NO3/c16-14(17)8-5-11-3-6-12(7-4-11)18-13-2-1-9-15-10-13/h3-4,6-7,13,15H,1-2,5,8-10H2,(H,16,17). The van der Waals surface area contributed by atoms with E-state index in [1.165, 1.54) is 0 Å². The molecule has 1 aromatic rings. The summed E-state index contributed by atoms with van der Waals surface area (Å²) in [5, 5.41) is 11.9. The van der Waals surface area contributed by atoms with Crippen molar-refractivity contribution in [2.75, 3.05) is 13.1 Å². The first kappa shape index (κ1) is 12.9. The fraction of sp³-hybridized carbons (Fsp3) is 0.500. The second-order valence-electron chi connectivity index (χ2n) is 4.62. The predicted molar refractivity (Wildman–Crippen MR) is 68.9 cm³/mol. The minimum absolute atomic E-state index is 0.173. The highest BCUT2D eigenvalue weighted by atomic mass is 16.5. The summed E-state index contributed by atoms with van der Waals surface area (Å²) < 4.78 is 5.86. The summed E-state index contributed by atoms with van der Waals surface area (Å²) in [4.78, 5) is 10.5. The fourth-order valence-corrected chi connectivity index (χ4v) is 2.10. The average Bonchev–Trinajstić information content (AvgIpc) is 2.39. The summed E-state index contributed by atoms with van der Waals surface area (Å²) in [6.45, 7) is 1.98. The topological polar surface area (TPSA) is 58.6 Å². The third-order valence-electron chi connectivity index (χ3n) is 3.11. The Morgan fingerprint density at radius 1 is 1.39 bits per heavy atom. The Hall–Kier alpha value is -1.55. The van der Waals surface area contributed by atoms with Crippen LogP contribution in [0.1, 0.15) is 24.8 Å². The third kappa shape index (κ3) is 4.04. The molecule has 0 saturated carbocycles. The zero-order valence-corrected chi connectivity index (χ0v) is 10.4. The largest absolute Gasteiger partial charge is 0.489 e. The molecule has 1 unspecified atom stereocenters. The summed E-state index contributed by atoms with van der Waals surface area (Å²) in [6.07, 6.45) is 3.24. The maximum absolute atomic E-state index is 10.5. The van der Waals surface area contributed by atoms with E-state index in [0.717, 1.165) is 37.2 Å². The number of carboxylic acid groups (broad SMARTS) is 1. The van der Waals surface area contributed by atoms with Crippen LogP contribution in [0.15, 0.2) is 24.3 Å². The van der Waals surface area contributed by atoms with Crippen molar-refractivity contribution in [1.82, 2.24) is 5.32 Å². The molecule has 0 amide bonds. The lowest BCUT2D eigenvalue weighted by Crippen LogP contribution is -2.37. The Balaban J connectivity index is 1.84. The van der Waals surface area contributed by atoms with Gasteiger partial charge in [0.25, 0.3) is 0 Å². The van der Waals surface area contributed by atoms with Gasteiger partial charge in [0.1, 0.15) is 11.9 Å². The molecular weight excluding hydrogens is 230 g/mol. The quantitative estimate of drug-likeness (QED) is 0.836. The minimum Gasteiger partial charge on any atom is -0.489 e. The van der Waals surface area contributed by atoms with Crippen molar-refractivity contribution in [2.45, 2.75) is 31.8 Å². The highest BCUT2D eigenvalue weighted by Crippen LogP contribution is 2.17. The Morgan fingerprint density at radius 3 is 2.78 bits per heavy atom. The molecule has 2 N–H and O–H groups in total. The predicted octanol–water partition coefficient (Wildman–Crippen LogP) is 1.83. The van der Waals surface area contributed by atoms with E-state index in [1.54, 1.807) is 0 Å². The SMILES string of the molecule is O=C(O)CCc1ccc(OC2CCCNC2)cc1. The van der Waals surface area contributed by atoms with Crippen molar-refractivity contribution in [3.63, 3.8) is 0 Å². The normalized spacial score (nSPS) is 19.4. The second kappa shape index (κ2) is 6.40. The zero-order valence-electron chi connectivity index (χ0n) is 10.4. The van der Waals surface area contributed by atoms with Crippen molar-refractivity contribution in [3.8, 4) is 5.75 Å². The maximum atomic E-state index is 10.5. The molecule has 0 bridgehead atoms. The maximum Gasteiger partial charge on any atom is 0.303 e. The molecule has 1 atom stereocenters. The lowest BCUT2D eigenvalue weighted by Gasteiger charge is -2.24. The Bertz CT molecular complexity index is 383. The van der Waals surface area contributed by atoms with Gasteiger partial charge in [0, 0.05) is 13.0 Å². The Kier molecular flexibility index (Phi) is 4.59. The van der Waals surface area contributed by atoms with Crippen LogP contribution >= 0.6 is 0 Å². The van der Waals surface area contributed by atoms with E-state index in [4.69, 9.17) is 9.84 Å². The summed E-state index contributed by atoms with van der Waals surface area (Å²) >= 11 is 0. The van der Waals surface area contributed by atoms with Gasteiger partial charge in [0.2, 0.25) is 0 Å². The third-order valence-corrected chi connectivity index (χ3v) is 3.11. The molecule has 0 aliphatic carbocycles. The number of carboxylic acids is 1. The van der Waals surface area contributed by atoms with Gasteiger partial charge < -0.3 is 15.2 Å². The summed E-state index contributed by atoms with van der Waals surface area (Å²) in [5.41, 5.74) is 1.03. The summed E-state index contributed by atoms with van der Waals surface area (Å²) in [6, 6.07) is 7.72. The van der Waals surface area contributed by atoms with Gasteiger partial charge in [-0.2, -0.15) is 0 Å². The molecule has 1 heterocycles. The number of carbonyl (C=O) groups is 1. The van der Waals surface area contributed by atoms with Crippen molar-refractivity contribution < 1.29 is 14.6 Å². The summed E-state index contributed by atoms with van der Waals surface area (Å²) in [5.74, 6) is 0.103. The molecule has 0 radical (unpaired) electrons. The lowest BCUT2D eigenvalue weighted by atomic mass is 10.1. The number of rotatable bonds is 5. The molecule has 1 fully saturated rings. The van der Waals surface area contributed by atoms with Crippen LogP contribution < -0.4 is 10.1 Å². The van der Waals surface area contributed by atoms with E-state index in [9.17, 15) is 4.79 Å². The molecule has 1 saturated heterocycles. The molecule has 4 heteroatoms. The van der Waals surface area contributed by atoms with Crippen LogP contribution in [0, 0.1) is 0 Å². The molecule has 0 spiro atoms. The van der Waals surface area contributed by atoms with Gasteiger partial charge >= 0.3 is 5.97 Å². The number of ether oxygens (including phenoxy) is 1. The molecule has 1 aliphatic rings. The lowest BCUT2D eigenvalue weighted by molar-refractivity contribution is -0.136. The van der Waals surface area contributed by atoms with Crippen LogP contribution in [-0.4, -0.2) is 30.3 Å². The number of hydrogen-bond donors (Lipinski definition) is 2. The van der Waals surface area contributed by atoms with Crippen molar-refractivity contribution in [1.29, 1.82) is 0 Å². The van der Waals surface area contributed by atoms with Gasteiger partial charge in [0.15, 0.2) is 0 Å². The zero-order chi connectivity index (χ0) is 12.8. The van der Waals surface area contributed by atoms with Crippen LogP contribution in [0.2, 0.25) is 0 Å². The Morgan fingerprint density at radius 2 is 2.17 bits per heavy atom. The number of aryl methyl sites for hydroxylation is 1. The monoisotopic (exact) mass is 249 g/mol. The minimum atomic E-state index is -0.761. The van der Waals surface area contributed by atoms with Gasteiger partial charge in [-0.3, -0.25) is 4.79 Å². The van der Waals surface area contributed by atoms with Crippen LogP contribution in [0.5, 0.6) is 5.75 Å². The molecular formula is C14H19NO3. The average molecular weight is 249 g/mol. The van der Waals surface area contributed by atoms with Gasteiger partial charge in [-0.1, -0.05) is 12.1 Å². The first-order valence-electron chi connectivity index (χ1n) is 6.42. The molecule has 1 aromatic carbocycles. The van der Waals surface area contributed by atoms with Gasteiger partial charge in [-0.25, -0.2) is 0 Å². The van der Waals surface area contributed by atoms with Gasteiger partial charge in [-0.05, 0) is 43.5 Å². The highest BCUT2D eigenvalue weighted by Gasteiger charge is 2.14. The van der Waals surface area contributed by atoms with Crippen molar-refractivity contribution >= 4 is 5.97 Å². The molecule has 0 aromatic heterocycles. The molecule has 4 nitrogen and oxygen atoms in total. The Labute approximate surface area is 107 Å². The summed E-state index contributed by atoms with van der Waals surface area (Å²) in [7, 11) is 0. The van der Waals surface area contributed by atoms with Crippen LogP contribution in [-0.2, 0) is 11.2 Å². The number of benzene rings is 1. The van der Waals surface area contributed by atoms with E-state index in [0.29, 0.717) is 6.42 Å². The van der Waals surface area contributed by atoms with Crippen molar-refractivity contribution in [3.05, 3.63) is 29.8 Å². The molecule has 1 aliphatic heterocycles.